The summed E-state index contributed by atoms with van der Waals surface area (Å²) in [6.07, 6.45) is 2.05. The molecule has 0 aliphatic heterocycles. The Labute approximate surface area is 111 Å². The average molecular weight is 253 g/mol. The van der Waals surface area contributed by atoms with E-state index in [1.54, 1.807) is 7.11 Å². The largest absolute Gasteiger partial charge is 0.481 e. The molecule has 0 spiro atoms. The molecule has 0 unspecified atom stereocenters. The van der Waals surface area contributed by atoms with E-state index in [2.05, 4.69) is 15.6 Å². The summed E-state index contributed by atoms with van der Waals surface area (Å²) in [5.41, 5.74) is 8.69. The summed E-state index contributed by atoms with van der Waals surface area (Å²) < 4.78 is 7.29. The maximum atomic E-state index is 5.79. The number of nitrogens with zero attached hydrogens (tertiary/aromatic N) is 2. The molecule has 2 N–H and O–H groups in total. The molecule has 0 aliphatic carbocycles. The minimum Gasteiger partial charge on any atom is -0.481 e. The molecule has 0 radical (unpaired) electrons. The zero-order chi connectivity index (χ0) is 13.2. The molecule has 0 bridgehead atoms. The molecule has 96 valence electrons. The number of ether oxygens (including phenoxy) is 1. The Morgan fingerprint density at radius 2 is 2.11 bits per heavy atom. The van der Waals surface area contributed by atoms with Crippen LogP contribution in [0.1, 0.15) is 5.69 Å². The zero-order valence-corrected chi connectivity index (χ0v) is 10.7. The minimum absolute atomic E-state index is 0.637. The van der Waals surface area contributed by atoms with Crippen LogP contribution in [0.25, 0.3) is 10.9 Å². The van der Waals surface area contributed by atoms with Crippen LogP contribution in [0.2, 0.25) is 0 Å². The van der Waals surface area contributed by atoms with E-state index in [0.717, 1.165) is 22.3 Å². The summed E-state index contributed by atoms with van der Waals surface area (Å²) >= 11 is 0. The highest BCUT2D eigenvalue weighted by molar-refractivity contribution is 5.83. The number of methoxy groups -OCH3 is 1. The van der Waals surface area contributed by atoms with Crippen LogP contribution in [0.4, 0.5) is 5.69 Å². The molecule has 0 fully saturated rings. The van der Waals surface area contributed by atoms with Crippen molar-refractivity contribution in [1.82, 2.24) is 9.55 Å². The third-order valence-corrected chi connectivity index (χ3v) is 3.12. The monoisotopic (exact) mass is 253 g/mol. The van der Waals surface area contributed by atoms with Crippen LogP contribution in [-0.4, -0.2) is 16.7 Å². The van der Waals surface area contributed by atoms with Crippen molar-refractivity contribution in [2.45, 2.75) is 6.54 Å². The number of aromatic nitrogens is 2. The van der Waals surface area contributed by atoms with Gasteiger partial charge < -0.3 is 15.0 Å². The Kier molecular flexibility index (Phi) is 2.83. The van der Waals surface area contributed by atoms with Gasteiger partial charge in [0.15, 0.2) is 0 Å². The number of pyridine rings is 1. The van der Waals surface area contributed by atoms with Crippen molar-refractivity contribution >= 4 is 16.6 Å². The number of anilines is 1. The highest BCUT2D eigenvalue weighted by Crippen LogP contribution is 2.20. The lowest BCUT2D eigenvalue weighted by molar-refractivity contribution is 0.396. The van der Waals surface area contributed by atoms with E-state index in [-0.39, 0.29) is 0 Å². The smallest absolute Gasteiger partial charge is 0.213 e. The fourth-order valence-electron chi connectivity index (χ4n) is 2.19. The van der Waals surface area contributed by atoms with Gasteiger partial charge in [0.1, 0.15) is 0 Å². The van der Waals surface area contributed by atoms with Gasteiger partial charge in [0, 0.05) is 28.9 Å². The van der Waals surface area contributed by atoms with Gasteiger partial charge in [0.05, 0.1) is 19.3 Å². The fourth-order valence-corrected chi connectivity index (χ4v) is 2.19. The van der Waals surface area contributed by atoms with Crippen molar-refractivity contribution in [2.24, 2.45) is 0 Å². The minimum atomic E-state index is 0.637. The lowest BCUT2D eigenvalue weighted by Crippen LogP contribution is -2.01. The molecular weight excluding hydrogens is 238 g/mol. The first-order valence-electron chi connectivity index (χ1n) is 6.10. The molecule has 1 aromatic carbocycles. The van der Waals surface area contributed by atoms with Crippen LogP contribution in [0.3, 0.4) is 0 Å². The third kappa shape index (κ3) is 2.25. The van der Waals surface area contributed by atoms with E-state index in [1.165, 1.54) is 0 Å². The van der Waals surface area contributed by atoms with Gasteiger partial charge in [-0.05, 0) is 30.3 Å². The van der Waals surface area contributed by atoms with Gasteiger partial charge in [-0.2, -0.15) is 0 Å². The predicted molar refractivity (Wildman–Crippen MR) is 76.2 cm³/mol. The van der Waals surface area contributed by atoms with Gasteiger partial charge in [-0.1, -0.05) is 6.07 Å². The van der Waals surface area contributed by atoms with Crippen molar-refractivity contribution in [2.75, 3.05) is 12.8 Å². The van der Waals surface area contributed by atoms with Gasteiger partial charge in [-0.3, -0.25) is 0 Å². The number of rotatable bonds is 3. The van der Waals surface area contributed by atoms with Crippen molar-refractivity contribution in [3.8, 4) is 5.88 Å². The molecule has 0 atom stereocenters. The zero-order valence-electron chi connectivity index (χ0n) is 10.7. The second-order valence-corrected chi connectivity index (χ2v) is 4.43. The first kappa shape index (κ1) is 11.6. The van der Waals surface area contributed by atoms with E-state index in [0.29, 0.717) is 12.4 Å². The Morgan fingerprint density at radius 1 is 1.21 bits per heavy atom. The van der Waals surface area contributed by atoms with Crippen molar-refractivity contribution in [3.05, 3.63) is 54.4 Å². The number of hydrogen-bond donors (Lipinski definition) is 1. The number of nitrogen functional groups attached to an aromatic ring is 1. The summed E-state index contributed by atoms with van der Waals surface area (Å²) in [7, 11) is 1.62. The quantitative estimate of drug-likeness (QED) is 0.730. The maximum Gasteiger partial charge on any atom is 0.213 e. The Morgan fingerprint density at radius 3 is 2.95 bits per heavy atom. The Bertz CT molecular complexity index is 718. The molecule has 0 amide bonds. The SMILES string of the molecule is COc1cccc(Cn2ccc3cc(N)ccc32)n1. The Balaban J connectivity index is 1.96. The normalized spacial score (nSPS) is 10.8. The predicted octanol–water partition coefficient (Wildman–Crippen LogP) is 2.68. The third-order valence-electron chi connectivity index (χ3n) is 3.12. The van der Waals surface area contributed by atoms with E-state index in [4.69, 9.17) is 10.5 Å². The number of hydrogen-bond acceptors (Lipinski definition) is 3. The molecule has 4 nitrogen and oxygen atoms in total. The van der Waals surface area contributed by atoms with Crippen LogP contribution in [0.15, 0.2) is 48.7 Å². The van der Waals surface area contributed by atoms with Gasteiger partial charge in [0.2, 0.25) is 5.88 Å². The maximum absolute atomic E-state index is 5.79. The van der Waals surface area contributed by atoms with Crippen LogP contribution >= 0.6 is 0 Å². The molecule has 0 aliphatic rings. The molecular formula is C15H15N3O. The van der Waals surface area contributed by atoms with Crippen molar-refractivity contribution in [1.29, 1.82) is 0 Å². The van der Waals surface area contributed by atoms with E-state index >= 15 is 0 Å². The molecule has 4 heteroatoms. The Hall–Kier alpha value is -2.49. The number of nitrogens with two attached hydrogens (primary N) is 1. The second kappa shape index (κ2) is 4.65. The summed E-state index contributed by atoms with van der Waals surface area (Å²) in [6.45, 7) is 0.713. The second-order valence-electron chi connectivity index (χ2n) is 4.43. The standard InChI is InChI=1S/C15H15N3O/c1-19-15-4-2-3-13(17-15)10-18-8-7-11-9-12(16)5-6-14(11)18/h2-9H,10,16H2,1H3. The van der Waals surface area contributed by atoms with Crippen LogP contribution in [-0.2, 0) is 6.54 Å². The van der Waals surface area contributed by atoms with Gasteiger partial charge in [0.25, 0.3) is 0 Å². The van der Waals surface area contributed by atoms with Gasteiger partial charge in [-0.25, -0.2) is 4.98 Å². The number of fused-ring (bicyclic) bond motifs is 1. The molecule has 3 aromatic rings. The van der Waals surface area contributed by atoms with Crippen molar-refractivity contribution in [3.63, 3.8) is 0 Å². The van der Waals surface area contributed by atoms with E-state index in [9.17, 15) is 0 Å². The van der Waals surface area contributed by atoms with Crippen LogP contribution in [0.5, 0.6) is 5.88 Å². The van der Waals surface area contributed by atoms with Gasteiger partial charge >= 0.3 is 0 Å². The summed E-state index contributed by atoms with van der Waals surface area (Å²) in [4.78, 5) is 4.42. The highest BCUT2D eigenvalue weighted by Gasteiger charge is 2.04. The molecule has 19 heavy (non-hydrogen) atoms. The van der Waals surface area contributed by atoms with Crippen molar-refractivity contribution < 1.29 is 4.74 Å². The van der Waals surface area contributed by atoms with Crippen LogP contribution < -0.4 is 10.5 Å². The van der Waals surface area contributed by atoms with Crippen LogP contribution in [0, 0.1) is 0 Å². The molecule has 0 saturated carbocycles. The van der Waals surface area contributed by atoms with Gasteiger partial charge in [-0.15, -0.1) is 0 Å². The molecule has 2 aromatic heterocycles. The summed E-state index contributed by atoms with van der Waals surface area (Å²) in [5.74, 6) is 0.637. The number of benzene rings is 1. The lowest BCUT2D eigenvalue weighted by atomic mass is 10.2. The average Bonchev–Trinajstić information content (AvgIpc) is 2.81. The highest BCUT2D eigenvalue weighted by atomic mass is 16.5. The topological polar surface area (TPSA) is 53.1 Å². The first-order valence-corrected chi connectivity index (χ1v) is 6.10. The lowest BCUT2D eigenvalue weighted by Gasteiger charge is -2.06. The molecule has 0 saturated heterocycles. The van der Waals surface area contributed by atoms with E-state index < -0.39 is 0 Å². The van der Waals surface area contributed by atoms with E-state index in [1.807, 2.05) is 42.6 Å². The summed E-state index contributed by atoms with van der Waals surface area (Å²) in [5, 5.41) is 1.14. The fraction of sp³-hybridized carbons (Fsp3) is 0.133. The summed E-state index contributed by atoms with van der Waals surface area (Å²) in [6, 6.07) is 13.8. The molecule has 3 rings (SSSR count). The molecule has 2 heterocycles. The first-order chi connectivity index (χ1) is 9.26.